The lowest BCUT2D eigenvalue weighted by molar-refractivity contribution is 0.271. The Labute approximate surface area is 174 Å². The Morgan fingerprint density at radius 2 is 1.96 bits per heavy atom. The molecule has 2 aliphatic heterocycles. The number of hydrogen-bond acceptors (Lipinski definition) is 5. The number of rotatable bonds is 5. The lowest BCUT2D eigenvalue weighted by Crippen LogP contribution is -2.44. The molecular formula is C18H23Cl3N4S. The van der Waals surface area contributed by atoms with Crippen molar-refractivity contribution < 1.29 is 0 Å². The Morgan fingerprint density at radius 1 is 1.23 bits per heavy atom. The van der Waals surface area contributed by atoms with Crippen molar-refractivity contribution in [3.8, 4) is 0 Å². The van der Waals surface area contributed by atoms with Crippen LogP contribution in [0.5, 0.6) is 0 Å². The first-order chi connectivity index (χ1) is 12.4. The summed E-state index contributed by atoms with van der Waals surface area (Å²) in [5.74, 6) is 1.08. The number of amidine groups is 2. The molecule has 0 spiro atoms. The standard InChI is InChI=1S/C18H23Cl3N4S/c1-24-10-3-4-14(24)9-11-25-12-22-16(23-17(25)18(19,20)21)13-5-7-15(26-2)8-6-13/h5-8,14H,3-4,9-12H2,1-2H3. The summed E-state index contributed by atoms with van der Waals surface area (Å²) in [4.78, 5) is 14.8. The second-order valence-corrected chi connectivity index (χ2v) is 9.77. The summed E-state index contributed by atoms with van der Waals surface area (Å²) in [6.07, 6.45) is 5.54. The predicted octanol–water partition coefficient (Wildman–Crippen LogP) is 4.68. The van der Waals surface area contributed by atoms with Gasteiger partial charge in [-0.15, -0.1) is 11.8 Å². The first-order valence-electron chi connectivity index (χ1n) is 8.68. The number of nitrogens with zero attached hydrogens (tertiary/aromatic N) is 4. The molecule has 2 heterocycles. The van der Waals surface area contributed by atoms with E-state index in [9.17, 15) is 0 Å². The second kappa shape index (κ2) is 8.70. The minimum absolute atomic E-state index is 0.460. The van der Waals surface area contributed by atoms with E-state index in [2.05, 4.69) is 34.1 Å². The van der Waals surface area contributed by atoms with E-state index in [1.54, 1.807) is 11.8 Å². The summed E-state index contributed by atoms with van der Waals surface area (Å²) >= 11 is 20.4. The molecule has 26 heavy (non-hydrogen) atoms. The van der Waals surface area contributed by atoms with Gasteiger partial charge in [0.25, 0.3) is 0 Å². The van der Waals surface area contributed by atoms with Crippen molar-refractivity contribution in [1.82, 2.24) is 9.80 Å². The Hall–Kier alpha value is -0.460. The number of hydrogen-bond donors (Lipinski definition) is 0. The molecule has 4 nitrogen and oxygen atoms in total. The first kappa shape index (κ1) is 20.3. The van der Waals surface area contributed by atoms with Crippen molar-refractivity contribution in [2.24, 2.45) is 9.98 Å². The van der Waals surface area contributed by atoms with Crippen LogP contribution >= 0.6 is 46.6 Å². The van der Waals surface area contributed by atoms with E-state index in [-0.39, 0.29) is 0 Å². The molecule has 1 unspecified atom stereocenters. The highest BCUT2D eigenvalue weighted by Gasteiger charge is 2.35. The molecule has 1 atom stereocenters. The fourth-order valence-electron chi connectivity index (χ4n) is 3.39. The van der Waals surface area contributed by atoms with Gasteiger partial charge < -0.3 is 9.80 Å². The summed E-state index contributed by atoms with van der Waals surface area (Å²) in [7, 11) is 2.17. The monoisotopic (exact) mass is 432 g/mol. The molecule has 0 bridgehead atoms. The fraction of sp³-hybridized carbons (Fsp3) is 0.556. The van der Waals surface area contributed by atoms with E-state index in [1.807, 2.05) is 23.3 Å². The van der Waals surface area contributed by atoms with Gasteiger partial charge in [-0.3, -0.25) is 0 Å². The largest absolute Gasteiger partial charge is 0.337 e. The van der Waals surface area contributed by atoms with E-state index < -0.39 is 3.79 Å². The summed E-state index contributed by atoms with van der Waals surface area (Å²) in [5, 5.41) is 0. The van der Waals surface area contributed by atoms with Crippen molar-refractivity contribution in [3.63, 3.8) is 0 Å². The molecule has 1 aromatic rings. The first-order valence-corrected chi connectivity index (χ1v) is 11.0. The van der Waals surface area contributed by atoms with Crippen molar-refractivity contribution >= 4 is 58.2 Å². The van der Waals surface area contributed by atoms with Crippen LogP contribution in [0.3, 0.4) is 0 Å². The van der Waals surface area contributed by atoms with Gasteiger partial charge in [0.1, 0.15) is 6.67 Å². The highest BCUT2D eigenvalue weighted by atomic mass is 35.6. The zero-order chi connectivity index (χ0) is 18.7. The maximum absolute atomic E-state index is 6.22. The molecule has 142 valence electrons. The molecule has 0 amide bonds. The number of benzene rings is 1. The third-order valence-electron chi connectivity index (χ3n) is 4.91. The zero-order valence-electron chi connectivity index (χ0n) is 15.0. The summed E-state index contributed by atoms with van der Waals surface area (Å²) in [6.45, 7) is 2.40. The summed E-state index contributed by atoms with van der Waals surface area (Å²) < 4.78 is -1.57. The molecule has 0 radical (unpaired) electrons. The molecule has 3 rings (SSSR count). The number of halogens is 3. The molecule has 0 aromatic heterocycles. The van der Waals surface area contributed by atoms with E-state index in [4.69, 9.17) is 34.8 Å². The topological polar surface area (TPSA) is 31.2 Å². The number of likely N-dealkylation sites (tertiary alicyclic amines) is 1. The van der Waals surface area contributed by atoms with Crippen LogP contribution in [0.1, 0.15) is 24.8 Å². The van der Waals surface area contributed by atoms with E-state index in [1.165, 1.54) is 17.7 Å². The van der Waals surface area contributed by atoms with Gasteiger partial charge in [-0.05, 0) is 51.2 Å². The quantitative estimate of drug-likeness (QED) is 0.499. The van der Waals surface area contributed by atoms with E-state index in [0.29, 0.717) is 24.4 Å². The van der Waals surface area contributed by atoms with Gasteiger partial charge in [0.05, 0.1) is 0 Å². The summed E-state index contributed by atoms with van der Waals surface area (Å²) in [6, 6.07) is 8.70. The van der Waals surface area contributed by atoms with E-state index >= 15 is 0 Å². The second-order valence-electron chi connectivity index (χ2n) is 6.61. The fourth-order valence-corrected chi connectivity index (χ4v) is 4.28. The minimum Gasteiger partial charge on any atom is -0.337 e. The van der Waals surface area contributed by atoms with Crippen LogP contribution in [0.4, 0.5) is 0 Å². The van der Waals surface area contributed by atoms with Gasteiger partial charge in [-0.2, -0.15) is 0 Å². The molecule has 0 saturated carbocycles. The Bertz CT molecular complexity index is 685. The Balaban J connectivity index is 1.75. The van der Waals surface area contributed by atoms with E-state index in [0.717, 1.165) is 25.1 Å². The zero-order valence-corrected chi connectivity index (χ0v) is 18.0. The van der Waals surface area contributed by atoms with Crippen LogP contribution in [-0.2, 0) is 0 Å². The third-order valence-corrected chi connectivity index (χ3v) is 6.16. The molecule has 2 aliphatic rings. The average Bonchev–Trinajstić information content (AvgIpc) is 3.04. The Morgan fingerprint density at radius 3 is 2.54 bits per heavy atom. The molecule has 8 heteroatoms. The van der Waals surface area contributed by atoms with Gasteiger partial charge in [0.2, 0.25) is 3.79 Å². The van der Waals surface area contributed by atoms with Crippen LogP contribution in [0.25, 0.3) is 0 Å². The molecule has 1 aromatic carbocycles. The average molecular weight is 434 g/mol. The number of alkyl halides is 3. The lowest BCUT2D eigenvalue weighted by Gasteiger charge is -2.32. The van der Waals surface area contributed by atoms with Gasteiger partial charge in [0, 0.05) is 23.0 Å². The van der Waals surface area contributed by atoms with Crippen molar-refractivity contribution in [1.29, 1.82) is 0 Å². The van der Waals surface area contributed by atoms with Crippen LogP contribution < -0.4 is 0 Å². The highest BCUT2D eigenvalue weighted by Crippen LogP contribution is 2.32. The lowest BCUT2D eigenvalue weighted by atomic mass is 10.1. The van der Waals surface area contributed by atoms with Crippen LogP contribution in [-0.4, -0.2) is 64.4 Å². The van der Waals surface area contributed by atoms with Crippen molar-refractivity contribution in [3.05, 3.63) is 29.8 Å². The van der Waals surface area contributed by atoms with Gasteiger partial charge >= 0.3 is 0 Å². The van der Waals surface area contributed by atoms with Crippen LogP contribution in [0, 0.1) is 0 Å². The summed E-state index contributed by atoms with van der Waals surface area (Å²) in [5.41, 5.74) is 0.935. The van der Waals surface area contributed by atoms with Gasteiger partial charge in [0.15, 0.2) is 11.7 Å². The normalized spacial score (nSPS) is 21.7. The van der Waals surface area contributed by atoms with Crippen LogP contribution in [0.2, 0.25) is 0 Å². The molecular weight excluding hydrogens is 411 g/mol. The molecule has 1 saturated heterocycles. The maximum atomic E-state index is 6.22. The number of aliphatic imine (C=N–C) groups is 2. The van der Waals surface area contributed by atoms with Gasteiger partial charge in [-0.25, -0.2) is 9.98 Å². The smallest absolute Gasteiger partial charge is 0.248 e. The predicted molar refractivity (Wildman–Crippen MR) is 114 cm³/mol. The van der Waals surface area contributed by atoms with Crippen LogP contribution in [0.15, 0.2) is 39.1 Å². The molecule has 1 fully saturated rings. The van der Waals surface area contributed by atoms with Crippen molar-refractivity contribution in [2.75, 3.05) is 33.1 Å². The SMILES string of the molecule is CSc1ccc(C2=NCN(CCC3CCCN3C)C(C(Cl)(Cl)Cl)=N2)cc1. The number of thioether (sulfide) groups is 1. The minimum atomic E-state index is -1.57. The molecule has 0 aliphatic carbocycles. The molecule has 0 N–H and O–H groups in total. The van der Waals surface area contributed by atoms with Crippen molar-refractivity contribution in [2.45, 2.75) is 34.0 Å². The Kier molecular flexibility index (Phi) is 6.78. The van der Waals surface area contributed by atoms with Gasteiger partial charge in [-0.1, -0.05) is 46.9 Å². The maximum Gasteiger partial charge on any atom is 0.248 e. The third kappa shape index (κ3) is 4.87. The highest BCUT2D eigenvalue weighted by molar-refractivity contribution is 7.98.